The zero-order valence-corrected chi connectivity index (χ0v) is 12.3. The molecule has 2 aliphatic heterocycles. The SMILES string of the molecule is CC(=O)NN1C=CN=C(C2CCC(=O)c3ccccc3O2)C1. The molecule has 0 saturated heterocycles. The normalized spacial score (nSPS) is 20.6. The number of ether oxygens (including phenoxy) is 1. The van der Waals surface area contributed by atoms with Gasteiger partial charge in [0.2, 0.25) is 5.91 Å². The van der Waals surface area contributed by atoms with Crippen LogP contribution in [0.3, 0.4) is 0 Å². The van der Waals surface area contributed by atoms with Crippen LogP contribution in [0, 0.1) is 0 Å². The summed E-state index contributed by atoms with van der Waals surface area (Å²) in [7, 11) is 0. The van der Waals surface area contributed by atoms with Gasteiger partial charge in [0.15, 0.2) is 5.78 Å². The second-order valence-electron chi connectivity index (χ2n) is 5.28. The van der Waals surface area contributed by atoms with Crippen molar-refractivity contribution in [1.29, 1.82) is 0 Å². The number of carbonyl (C=O) groups excluding carboxylic acids is 2. The van der Waals surface area contributed by atoms with E-state index in [1.54, 1.807) is 29.5 Å². The van der Waals surface area contributed by atoms with E-state index in [-0.39, 0.29) is 17.8 Å². The average Bonchev–Trinajstić information content (AvgIpc) is 2.67. The van der Waals surface area contributed by atoms with E-state index < -0.39 is 0 Å². The lowest BCUT2D eigenvalue weighted by atomic mass is 10.0. The minimum absolute atomic E-state index is 0.0868. The molecule has 3 rings (SSSR count). The van der Waals surface area contributed by atoms with E-state index in [4.69, 9.17) is 4.74 Å². The molecular formula is C16H17N3O3. The molecule has 6 heteroatoms. The van der Waals surface area contributed by atoms with E-state index >= 15 is 0 Å². The molecule has 22 heavy (non-hydrogen) atoms. The Kier molecular flexibility index (Phi) is 3.91. The quantitative estimate of drug-likeness (QED) is 0.902. The first kappa shape index (κ1) is 14.3. The van der Waals surface area contributed by atoms with Crippen molar-refractivity contribution >= 4 is 17.4 Å². The van der Waals surface area contributed by atoms with E-state index in [0.717, 1.165) is 5.71 Å². The number of hydrogen-bond acceptors (Lipinski definition) is 5. The summed E-state index contributed by atoms with van der Waals surface area (Å²) in [6.45, 7) is 1.90. The maximum absolute atomic E-state index is 12.1. The number of amides is 1. The number of carbonyl (C=O) groups is 2. The number of fused-ring (bicyclic) bond motifs is 1. The van der Waals surface area contributed by atoms with Gasteiger partial charge in [0.05, 0.1) is 17.8 Å². The lowest BCUT2D eigenvalue weighted by Gasteiger charge is -2.27. The highest BCUT2D eigenvalue weighted by Gasteiger charge is 2.27. The molecule has 0 saturated carbocycles. The minimum Gasteiger partial charge on any atom is -0.484 e. The molecule has 1 aromatic carbocycles. The van der Waals surface area contributed by atoms with Crippen LogP contribution in [0.1, 0.15) is 30.1 Å². The Balaban J connectivity index is 1.79. The number of nitrogens with zero attached hydrogens (tertiary/aromatic N) is 2. The van der Waals surface area contributed by atoms with Gasteiger partial charge in [-0.15, -0.1) is 0 Å². The number of Topliss-reactive ketones (excluding diaryl/α,β-unsaturated/α-hetero) is 1. The molecule has 0 bridgehead atoms. The van der Waals surface area contributed by atoms with Crippen LogP contribution < -0.4 is 10.2 Å². The number of ketones is 1. The fourth-order valence-corrected chi connectivity index (χ4v) is 2.59. The molecule has 0 spiro atoms. The Hall–Kier alpha value is -2.63. The zero-order chi connectivity index (χ0) is 15.5. The van der Waals surface area contributed by atoms with Crippen LogP contribution in [0.5, 0.6) is 5.75 Å². The van der Waals surface area contributed by atoms with Gasteiger partial charge in [-0.05, 0) is 18.6 Å². The van der Waals surface area contributed by atoms with Crippen molar-refractivity contribution in [1.82, 2.24) is 10.4 Å². The van der Waals surface area contributed by atoms with Gasteiger partial charge >= 0.3 is 0 Å². The van der Waals surface area contributed by atoms with Gasteiger partial charge in [0.25, 0.3) is 0 Å². The first-order valence-corrected chi connectivity index (χ1v) is 7.19. The molecule has 2 aliphatic rings. The summed E-state index contributed by atoms with van der Waals surface area (Å²) in [5, 5.41) is 1.66. The molecule has 114 valence electrons. The maximum Gasteiger partial charge on any atom is 0.235 e. The second-order valence-corrected chi connectivity index (χ2v) is 5.28. The average molecular weight is 299 g/mol. The number of nitrogens with one attached hydrogen (secondary N) is 1. The highest BCUT2D eigenvalue weighted by Crippen LogP contribution is 2.27. The minimum atomic E-state index is -0.270. The number of hydrazine groups is 1. The van der Waals surface area contributed by atoms with Crippen LogP contribution in [-0.2, 0) is 4.79 Å². The fourth-order valence-electron chi connectivity index (χ4n) is 2.59. The molecule has 2 heterocycles. The van der Waals surface area contributed by atoms with Crippen molar-refractivity contribution in [2.45, 2.75) is 25.9 Å². The Labute approximate surface area is 128 Å². The molecule has 1 atom stereocenters. The third-order valence-electron chi connectivity index (χ3n) is 3.58. The molecule has 1 amide bonds. The number of aliphatic imine (C=N–C) groups is 1. The summed E-state index contributed by atoms with van der Waals surface area (Å²) in [6.07, 6.45) is 4.05. The van der Waals surface area contributed by atoms with E-state index in [0.29, 0.717) is 30.7 Å². The number of para-hydroxylation sites is 1. The molecule has 1 aromatic rings. The van der Waals surface area contributed by atoms with Crippen LogP contribution in [0.2, 0.25) is 0 Å². The van der Waals surface area contributed by atoms with Gasteiger partial charge in [0.1, 0.15) is 11.9 Å². The summed E-state index contributed by atoms with van der Waals surface area (Å²) in [6, 6.07) is 7.27. The van der Waals surface area contributed by atoms with Crippen LogP contribution >= 0.6 is 0 Å². The zero-order valence-electron chi connectivity index (χ0n) is 12.3. The third-order valence-corrected chi connectivity index (χ3v) is 3.58. The van der Waals surface area contributed by atoms with Crippen molar-refractivity contribution < 1.29 is 14.3 Å². The predicted molar refractivity (Wildman–Crippen MR) is 81.5 cm³/mol. The van der Waals surface area contributed by atoms with Gasteiger partial charge in [-0.25, -0.2) is 0 Å². The monoisotopic (exact) mass is 299 g/mol. The largest absolute Gasteiger partial charge is 0.484 e. The van der Waals surface area contributed by atoms with Gasteiger partial charge in [-0.1, -0.05) is 12.1 Å². The van der Waals surface area contributed by atoms with E-state index in [1.807, 2.05) is 12.1 Å². The van der Waals surface area contributed by atoms with Gasteiger partial charge in [-0.3, -0.25) is 25.0 Å². The highest BCUT2D eigenvalue weighted by molar-refractivity contribution is 6.00. The lowest BCUT2D eigenvalue weighted by molar-refractivity contribution is -0.122. The van der Waals surface area contributed by atoms with Crippen LogP contribution in [0.25, 0.3) is 0 Å². The summed E-state index contributed by atoms with van der Waals surface area (Å²) < 4.78 is 6.00. The maximum atomic E-state index is 12.1. The topological polar surface area (TPSA) is 71.0 Å². The first-order valence-electron chi connectivity index (χ1n) is 7.19. The second kappa shape index (κ2) is 6.01. The molecule has 6 nitrogen and oxygen atoms in total. The standard InChI is InChI=1S/C16H17N3O3/c1-11(20)18-19-9-8-17-13(10-19)16-7-6-14(21)12-4-2-3-5-15(12)22-16/h2-5,8-9,16H,6-7,10H2,1H3,(H,18,20). The van der Waals surface area contributed by atoms with Crippen molar-refractivity contribution in [2.24, 2.45) is 4.99 Å². The molecule has 0 aromatic heterocycles. The van der Waals surface area contributed by atoms with Gasteiger partial charge in [-0.2, -0.15) is 0 Å². The van der Waals surface area contributed by atoms with E-state index in [2.05, 4.69) is 10.4 Å². The van der Waals surface area contributed by atoms with Crippen molar-refractivity contribution in [3.63, 3.8) is 0 Å². The molecule has 1 unspecified atom stereocenters. The number of hydrogen-bond donors (Lipinski definition) is 1. The summed E-state index contributed by atoms with van der Waals surface area (Å²) in [5.74, 6) is 0.537. The van der Waals surface area contributed by atoms with Crippen molar-refractivity contribution in [2.75, 3.05) is 6.54 Å². The molecule has 0 fully saturated rings. The number of benzene rings is 1. The predicted octanol–water partition coefficient (Wildman–Crippen LogP) is 1.69. The third kappa shape index (κ3) is 3.00. The van der Waals surface area contributed by atoms with Crippen molar-refractivity contribution in [3.8, 4) is 5.75 Å². The van der Waals surface area contributed by atoms with Gasteiger partial charge in [0, 0.05) is 25.7 Å². The van der Waals surface area contributed by atoms with Gasteiger partial charge < -0.3 is 4.74 Å². The Morgan fingerprint density at radius 3 is 3.05 bits per heavy atom. The molecular weight excluding hydrogens is 282 g/mol. The molecule has 0 radical (unpaired) electrons. The summed E-state index contributed by atoms with van der Waals surface area (Å²) >= 11 is 0. The highest BCUT2D eigenvalue weighted by atomic mass is 16.5. The van der Waals surface area contributed by atoms with Crippen LogP contribution in [0.4, 0.5) is 0 Å². The summed E-state index contributed by atoms with van der Waals surface area (Å²) in [5.41, 5.74) is 4.11. The summed E-state index contributed by atoms with van der Waals surface area (Å²) in [4.78, 5) is 27.7. The Morgan fingerprint density at radius 1 is 1.41 bits per heavy atom. The van der Waals surface area contributed by atoms with Crippen LogP contribution in [-0.4, -0.2) is 35.1 Å². The van der Waals surface area contributed by atoms with Crippen LogP contribution in [0.15, 0.2) is 41.7 Å². The Bertz CT molecular complexity index is 666. The first-order chi connectivity index (χ1) is 10.6. The smallest absolute Gasteiger partial charge is 0.235 e. The Morgan fingerprint density at radius 2 is 2.23 bits per heavy atom. The van der Waals surface area contributed by atoms with E-state index in [9.17, 15) is 9.59 Å². The molecule has 1 N–H and O–H groups in total. The number of rotatable bonds is 2. The van der Waals surface area contributed by atoms with E-state index in [1.165, 1.54) is 6.92 Å². The van der Waals surface area contributed by atoms with Crippen molar-refractivity contribution in [3.05, 3.63) is 42.2 Å². The molecule has 0 aliphatic carbocycles. The lowest BCUT2D eigenvalue weighted by Crippen LogP contribution is -2.45. The fraction of sp³-hybridized carbons (Fsp3) is 0.312.